The van der Waals surface area contributed by atoms with Crippen LogP contribution >= 0.6 is 0 Å². The quantitative estimate of drug-likeness (QED) is 0.581. The van der Waals surface area contributed by atoms with Crippen molar-refractivity contribution < 1.29 is 14.4 Å². The van der Waals surface area contributed by atoms with Gasteiger partial charge in [0.1, 0.15) is 0 Å². The van der Waals surface area contributed by atoms with Gasteiger partial charge in [0.25, 0.3) is 5.91 Å². The van der Waals surface area contributed by atoms with Crippen molar-refractivity contribution in [3.63, 3.8) is 0 Å². The highest BCUT2D eigenvalue weighted by Gasteiger charge is 2.08. The molecule has 0 radical (unpaired) electrons. The van der Waals surface area contributed by atoms with E-state index in [-0.39, 0.29) is 30.7 Å². The summed E-state index contributed by atoms with van der Waals surface area (Å²) in [4.78, 5) is 35.8. The van der Waals surface area contributed by atoms with Gasteiger partial charge in [-0.1, -0.05) is 42.5 Å². The molecule has 0 bridgehead atoms. The van der Waals surface area contributed by atoms with Gasteiger partial charge >= 0.3 is 0 Å². The Labute approximate surface area is 169 Å². The lowest BCUT2D eigenvalue weighted by Crippen LogP contribution is -2.27. The molecule has 29 heavy (non-hydrogen) atoms. The second kappa shape index (κ2) is 9.50. The maximum atomic E-state index is 12.3. The maximum Gasteiger partial charge on any atom is 0.251 e. The Morgan fingerprint density at radius 3 is 2.28 bits per heavy atom. The Morgan fingerprint density at radius 2 is 1.55 bits per heavy atom. The summed E-state index contributed by atoms with van der Waals surface area (Å²) in [5, 5.41) is 10.2. The zero-order chi connectivity index (χ0) is 20.6. The lowest BCUT2D eigenvalue weighted by atomic mass is 10.1. The van der Waals surface area contributed by atoms with E-state index in [1.807, 2.05) is 36.4 Å². The zero-order valence-corrected chi connectivity index (χ0v) is 16.2. The van der Waals surface area contributed by atoms with Crippen LogP contribution in [0.1, 0.15) is 22.3 Å². The van der Waals surface area contributed by atoms with Crippen molar-refractivity contribution in [2.75, 3.05) is 18.9 Å². The van der Waals surface area contributed by atoms with Gasteiger partial charge in [-0.25, -0.2) is 0 Å². The summed E-state index contributed by atoms with van der Waals surface area (Å²) >= 11 is 0. The minimum absolute atomic E-state index is 0.0658. The maximum absolute atomic E-state index is 12.3. The van der Waals surface area contributed by atoms with Gasteiger partial charge in [0.15, 0.2) is 0 Å². The molecule has 0 aromatic heterocycles. The molecule has 0 heterocycles. The standard InChI is InChI=1S/C23H23N3O3/c1-24-22(28)14-16-6-10-20(11-7-16)26-21(27)12-13-25-23(29)19-9-8-17-4-2-3-5-18(17)15-19/h2-11,15H,12-14H2,1H3,(H,24,28)(H,25,29)(H,26,27). The average molecular weight is 389 g/mol. The van der Waals surface area contributed by atoms with Crippen molar-refractivity contribution in [2.24, 2.45) is 0 Å². The molecule has 148 valence electrons. The van der Waals surface area contributed by atoms with Crippen molar-refractivity contribution in [1.82, 2.24) is 10.6 Å². The van der Waals surface area contributed by atoms with E-state index in [2.05, 4.69) is 16.0 Å². The van der Waals surface area contributed by atoms with Crippen LogP contribution < -0.4 is 16.0 Å². The monoisotopic (exact) mass is 389 g/mol. The highest BCUT2D eigenvalue weighted by atomic mass is 16.2. The van der Waals surface area contributed by atoms with Crippen molar-refractivity contribution in [2.45, 2.75) is 12.8 Å². The molecule has 0 atom stereocenters. The lowest BCUT2D eigenvalue weighted by molar-refractivity contribution is -0.120. The summed E-state index contributed by atoms with van der Waals surface area (Å²) in [5.74, 6) is -0.464. The molecule has 6 nitrogen and oxygen atoms in total. The third-order valence-corrected chi connectivity index (χ3v) is 4.53. The Morgan fingerprint density at radius 1 is 0.828 bits per heavy atom. The molecule has 3 rings (SSSR count). The number of hydrogen-bond donors (Lipinski definition) is 3. The topological polar surface area (TPSA) is 87.3 Å². The van der Waals surface area contributed by atoms with Crippen molar-refractivity contribution >= 4 is 34.2 Å². The van der Waals surface area contributed by atoms with Crippen LogP contribution in [0.2, 0.25) is 0 Å². The summed E-state index contributed by atoms with van der Waals surface area (Å²) in [5.41, 5.74) is 2.08. The molecule has 0 saturated heterocycles. The molecule has 3 aromatic carbocycles. The third-order valence-electron chi connectivity index (χ3n) is 4.53. The first-order valence-electron chi connectivity index (χ1n) is 9.41. The number of hydrogen-bond acceptors (Lipinski definition) is 3. The summed E-state index contributed by atoms with van der Waals surface area (Å²) in [6.07, 6.45) is 0.463. The van der Waals surface area contributed by atoms with Crippen LogP contribution in [0.25, 0.3) is 10.8 Å². The van der Waals surface area contributed by atoms with E-state index < -0.39 is 0 Å². The molecule has 0 spiro atoms. The molecule has 3 N–H and O–H groups in total. The van der Waals surface area contributed by atoms with E-state index in [0.29, 0.717) is 17.7 Å². The van der Waals surface area contributed by atoms with Gasteiger partial charge in [0, 0.05) is 31.3 Å². The van der Waals surface area contributed by atoms with Gasteiger partial charge in [-0.15, -0.1) is 0 Å². The summed E-state index contributed by atoms with van der Waals surface area (Å²) in [7, 11) is 1.59. The van der Waals surface area contributed by atoms with Gasteiger partial charge in [-0.2, -0.15) is 0 Å². The molecule has 0 fully saturated rings. The van der Waals surface area contributed by atoms with Crippen LogP contribution in [-0.4, -0.2) is 31.3 Å². The Kier molecular flexibility index (Phi) is 6.58. The second-order valence-corrected chi connectivity index (χ2v) is 6.66. The van der Waals surface area contributed by atoms with Crippen molar-refractivity contribution in [3.8, 4) is 0 Å². The second-order valence-electron chi connectivity index (χ2n) is 6.66. The number of anilines is 1. The summed E-state index contributed by atoms with van der Waals surface area (Å²) in [6.45, 7) is 0.242. The number of benzene rings is 3. The first kappa shape index (κ1) is 20.1. The first-order chi connectivity index (χ1) is 14.0. The van der Waals surface area contributed by atoms with Gasteiger partial charge in [0.05, 0.1) is 6.42 Å². The van der Waals surface area contributed by atoms with Crippen LogP contribution in [0.4, 0.5) is 5.69 Å². The van der Waals surface area contributed by atoms with Gasteiger partial charge in [0.2, 0.25) is 11.8 Å². The molecule has 0 aliphatic rings. The highest BCUT2D eigenvalue weighted by Crippen LogP contribution is 2.15. The van der Waals surface area contributed by atoms with Crippen LogP contribution in [0.3, 0.4) is 0 Å². The number of rotatable bonds is 7. The fraction of sp³-hybridized carbons (Fsp3) is 0.174. The van der Waals surface area contributed by atoms with E-state index in [1.165, 1.54) is 0 Å². The number of fused-ring (bicyclic) bond motifs is 1. The first-order valence-corrected chi connectivity index (χ1v) is 9.41. The highest BCUT2D eigenvalue weighted by molar-refractivity contribution is 5.99. The fourth-order valence-electron chi connectivity index (χ4n) is 2.93. The molecular weight excluding hydrogens is 366 g/mol. The molecular formula is C23H23N3O3. The predicted octanol–water partition coefficient (Wildman–Crippen LogP) is 2.89. The summed E-state index contributed by atoms with van der Waals surface area (Å²) in [6, 6.07) is 20.5. The Balaban J connectivity index is 1.46. The van der Waals surface area contributed by atoms with E-state index in [1.54, 1.807) is 37.4 Å². The fourth-order valence-corrected chi connectivity index (χ4v) is 2.93. The van der Waals surface area contributed by atoms with Crippen molar-refractivity contribution in [1.29, 1.82) is 0 Å². The van der Waals surface area contributed by atoms with Crippen molar-refractivity contribution in [3.05, 3.63) is 77.9 Å². The Hall–Kier alpha value is -3.67. The molecule has 0 saturated carbocycles. The van der Waals surface area contributed by atoms with Crippen LogP contribution in [0.15, 0.2) is 66.7 Å². The molecule has 3 amide bonds. The molecule has 0 aliphatic carbocycles. The van der Waals surface area contributed by atoms with E-state index in [0.717, 1.165) is 16.3 Å². The average Bonchev–Trinajstić information content (AvgIpc) is 2.74. The number of amides is 3. The summed E-state index contributed by atoms with van der Waals surface area (Å²) < 4.78 is 0. The van der Waals surface area contributed by atoms with E-state index in [9.17, 15) is 14.4 Å². The predicted molar refractivity (Wildman–Crippen MR) is 114 cm³/mol. The van der Waals surface area contributed by atoms with Crippen LogP contribution in [0, 0.1) is 0 Å². The smallest absolute Gasteiger partial charge is 0.251 e. The largest absolute Gasteiger partial charge is 0.359 e. The van der Waals surface area contributed by atoms with Gasteiger partial charge in [-0.3, -0.25) is 14.4 Å². The Bertz CT molecular complexity index is 1030. The lowest BCUT2D eigenvalue weighted by Gasteiger charge is -2.08. The van der Waals surface area contributed by atoms with Crippen LogP contribution in [0.5, 0.6) is 0 Å². The van der Waals surface area contributed by atoms with Gasteiger partial charge in [-0.05, 0) is 40.6 Å². The molecule has 0 unspecified atom stereocenters. The van der Waals surface area contributed by atoms with E-state index >= 15 is 0 Å². The number of likely N-dealkylation sites (N-methyl/N-ethyl adjacent to an activating group) is 1. The van der Waals surface area contributed by atoms with Gasteiger partial charge < -0.3 is 16.0 Å². The normalized spacial score (nSPS) is 10.4. The zero-order valence-electron chi connectivity index (χ0n) is 16.2. The molecule has 0 aliphatic heterocycles. The number of carbonyl (C=O) groups is 3. The SMILES string of the molecule is CNC(=O)Cc1ccc(NC(=O)CCNC(=O)c2ccc3ccccc3c2)cc1. The number of carbonyl (C=O) groups excluding carboxylic acids is 3. The minimum Gasteiger partial charge on any atom is -0.359 e. The van der Waals surface area contributed by atoms with Crippen LogP contribution in [-0.2, 0) is 16.0 Å². The molecule has 3 aromatic rings. The number of nitrogens with one attached hydrogen (secondary N) is 3. The third kappa shape index (κ3) is 5.65. The molecule has 6 heteroatoms. The minimum atomic E-state index is -0.206. The van der Waals surface area contributed by atoms with E-state index in [4.69, 9.17) is 0 Å².